The summed E-state index contributed by atoms with van der Waals surface area (Å²) in [6.45, 7) is 6.24. The van der Waals surface area contributed by atoms with Gasteiger partial charge in [0.25, 0.3) is 0 Å². The molecule has 1 aromatic carbocycles. The quantitative estimate of drug-likeness (QED) is 0.549. The van der Waals surface area contributed by atoms with E-state index >= 15 is 0 Å². The number of hydrogen-bond donors (Lipinski definition) is 0. The summed E-state index contributed by atoms with van der Waals surface area (Å²) in [6.07, 6.45) is 0. The molecule has 0 unspecified atom stereocenters. The molecule has 27 heavy (non-hydrogen) atoms. The van der Waals surface area contributed by atoms with Gasteiger partial charge in [0.2, 0.25) is 5.88 Å². The summed E-state index contributed by atoms with van der Waals surface area (Å²) in [6, 6.07) is 9.78. The van der Waals surface area contributed by atoms with Crippen LogP contribution in [0.1, 0.15) is 31.0 Å². The van der Waals surface area contributed by atoms with Crippen LogP contribution in [0.15, 0.2) is 30.3 Å². The SMILES string of the molecule is COc1ccc2nnc3c(C)nc(-c4cc(C(C)C)ccc4OC)n3c2n1. The van der Waals surface area contributed by atoms with Crippen LogP contribution >= 0.6 is 0 Å². The van der Waals surface area contributed by atoms with Gasteiger partial charge in [0.05, 0.1) is 25.5 Å². The zero-order valence-electron chi connectivity index (χ0n) is 16.0. The van der Waals surface area contributed by atoms with Crippen molar-refractivity contribution in [3.05, 3.63) is 41.6 Å². The molecule has 0 N–H and O–H groups in total. The first-order valence-corrected chi connectivity index (χ1v) is 8.78. The number of rotatable bonds is 4. The molecule has 138 valence electrons. The van der Waals surface area contributed by atoms with Crippen LogP contribution in [0.5, 0.6) is 11.6 Å². The van der Waals surface area contributed by atoms with Crippen LogP contribution in [0, 0.1) is 6.92 Å². The van der Waals surface area contributed by atoms with Crippen molar-refractivity contribution in [3.8, 4) is 23.0 Å². The second-order valence-corrected chi connectivity index (χ2v) is 6.69. The topological polar surface area (TPSA) is 74.4 Å². The molecule has 3 aromatic heterocycles. The minimum atomic E-state index is 0.386. The summed E-state index contributed by atoms with van der Waals surface area (Å²) >= 11 is 0. The summed E-state index contributed by atoms with van der Waals surface area (Å²) in [4.78, 5) is 9.37. The largest absolute Gasteiger partial charge is 0.496 e. The van der Waals surface area contributed by atoms with Gasteiger partial charge in [0, 0.05) is 6.07 Å². The van der Waals surface area contributed by atoms with Crippen molar-refractivity contribution in [2.24, 2.45) is 0 Å². The maximum absolute atomic E-state index is 5.62. The third-order valence-electron chi connectivity index (χ3n) is 4.65. The number of fused-ring (bicyclic) bond motifs is 3. The number of methoxy groups -OCH3 is 2. The van der Waals surface area contributed by atoms with E-state index in [2.05, 4.69) is 41.2 Å². The predicted molar refractivity (Wildman–Crippen MR) is 103 cm³/mol. The molecular weight excluding hydrogens is 342 g/mol. The van der Waals surface area contributed by atoms with Crippen molar-refractivity contribution in [3.63, 3.8) is 0 Å². The van der Waals surface area contributed by atoms with Gasteiger partial charge in [0.15, 0.2) is 17.1 Å². The molecule has 0 aliphatic heterocycles. The smallest absolute Gasteiger partial charge is 0.215 e. The Bertz CT molecular complexity index is 1150. The molecule has 0 saturated heterocycles. The van der Waals surface area contributed by atoms with E-state index in [1.165, 1.54) is 5.56 Å². The number of aryl methyl sites for hydroxylation is 1. The van der Waals surface area contributed by atoms with Crippen molar-refractivity contribution in [2.75, 3.05) is 14.2 Å². The average molecular weight is 363 g/mol. The molecule has 4 aromatic rings. The van der Waals surface area contributed by atoms with E-state index in [0.29, 0.717) is 28.6 Å². The number of hydrogen-bond acceptors (Lipinski definition) is 6. The molecule has 0 saturated carbocycles. The highest BCUT2D eigenvalue weighted by atomic mass is 16.5. The molecule has 7 heteroatoms. The highest BCUT2D eigenvalue weighted by Crippen LogP contribution is 2.34. The molecular formula is C20H21N5O2. The van der Waals surface area contributed by atoms with Crippen molar-refractivity contribution in [1.82, 2.24) is 24.6 Å². The van der Waals surface area contributed by atoms with Gasteiger partial charge < -0.3 is 9.47 Å². The maximum Gasteiger partial charge on any atom is 0.215 e. The number of pyridine rings is 1. The second kappa shape index (κ2) is 6.50. The highest BCUT2D eigenvalue weighted by molar-refractivity contribution is 5.79. The lowest BCUT2D eigenvalue weighted by atomic mass is 10.00. The molecule has 7 nitrogen and oxygen atoms in total. The normalized spacial score (nSPS) is 11.5. The van der Waals surface area contributed by atoms with Crippen LogP contribution in [0.4, 0.5) is 0 Å². The molecule has 0 amide bonds. The molecule has 3 heterocycles. The first-order valence-electron chi connectivity index (χ1n) is 8.78. The first-order chi connectivity index (χ1) is 13.0. The highest BCUT2D eigenvalue weighted by Gasteiger charge is 2.20. The Morgan fingerprint density at radius 2 is 1.74 bits per heavy atom. The van der Waals surface area contributed by atoms with Crippen LogP contribution < -0.4 is 9.47 Å². The van der Waals surface area contributed by atoms with Gasteiger partial charge in [-0.15, -0.1) is 10.2 Å². The predicted octanol–water partition coefficient (Wildman–Crippen LogP) is 3.79. The Morgan fingerprint density at radius 3 is 2.44 bits per heavy atom. The lowest BCUT2D eigenvalue weighted by Crippen LogP contribution is -2.02. The van der Waals surface area contributed by atoms with Crippen LogP contribution in [-0.4, -0.2) is 38.8 Å². The van der Waals surface area contributed by atoms with E-state index in [4.69, 9.17) is 14.5 Å². The summed E-state index contributed by atoms with van der Waals surface area (Å²) in [5.74, 6) is 2.37. The monoisotopic (exact) mass is 363 g/mol. The minimum Gasteiger partial charge on any atom is -0.496 e. The molecule has 0 aliphatic rings. The average Bonchev–Trinajstić information content (AvgIpc) is 3.03. The summed E-state index contributed by atoms with van der Waals surface area (Å²) in [5, 5.41) is 8.63. The van der Waals surface area contributed by atoms with Crippen LogP contribution in [0.3, 0.4) is 0 Å². The van der Waals surface area contributed by atoms with Gasteiger partial charge >= 0.3 is 0 Å². The second-order valence-electron chi connectivity index (χ2n) is 6.69. The Morgan fingerprint density at radius 1 is 0.926 bits per heavy atom. The third kappa shape index (κ3) is 2.75. The van der Waals surface area contributed by atoms with Crippen molar-refractivity contribution >= 4 is 16.8 Å². The zero-order chi connectivity index (χ0) is 19.1. The zero-order valence-corrected chi connectivity index (χ0v) is 16.0. The van der Waals surface area contributed by atoms with Gasteiger partial charge in [-0.05, 0) is 36.6 Å². The number of benzene rings is 1. The van der Waals surface area contributed by atoms with Gasteiger partial charge in [-0.3, -0.25) is 4.40 Å². The number of nitrogens with zero attached hydrogens (tertiary/aromatic N) is 5. The maximum atomic E-state index is 5.62. The molecule has 0 radical (unpaired) electrons. The summed E-state index contributed by atoms with van der Waals surface area (Å²) in [5.41, 5.74) is 4.85. The molecule has 0 bridgehead atoms. The standard InChI is InChI=1S/C20H21N5O2/c1-11(2)13-6-8-16(26-4)14(10-13)19-21-12(3)18-24-23-15-7-9-17(27-5)22-20(15)25(18)19/h6-11H,1-5H3. The minimum absolute atomic E-state index is 0.386. The molecule has 0 spiro atoms. The third-order valence-corrected chi connectivity index (χ3v) is 4.65. The summed E-state index contributed by atoms with van der Waals surface area (Å²) < 4.78 is 12.8. The lowest BCUT2D eigenvalue weighted by molar-refractivity contribution is 0.399. The van der Waals surface area contributed by atoms with E-state index in [1.807, 2.05) is 23.5 Å². The number of ether oxygens (including phenoxy) is 2. The lowest BCUT2D eigenvalue weighted by Gasteiger charge is -2.13. The molecule has 4 rings (SSSR count). The number of imidazole rings is 1. The fourth-order valence-electron chi connectivity index (χ4n) is 3.16. The van der Waals surface area contributed by atoms with Crippen LogP contribution in [-0.2, 0) is 0 Å². The Kier molecular flexibility index (Phi) is 4.14. The van der Waals surface area contributed by atoms with Crippen LogP contribution in [0.2, 0.25) is 0 Å². The van der Waals surface area contributed by atoms with Gasteiger partial charge in [-0.25, -0.2) is 4.98 Å². The van der Waals surface area contributed by atoms with Gasteiger partial charge in [0.1, 0.15) is 11.3 Å². The first kappa shape index (κ1) is 17.2. The van der Waals surface area contributed by atoms with E-state index in [-0.39, 0.29) is 0 Å². The Labute approximate surface area is 157 Å². The van der Waals surface area contributed by atoms with Crippen molar-refractivity contribution in [2.45, 2.75) is 26.7 Å². The number of aromatic nitrogens is 5. The fourth-order valence-corrected chi connectivity index (χ4v) is 3.16. The van der Waals surface area contributed by atoms with E-state index in [9.17, 15) is 0 Å². The van der Waals surface area contributed by atoms with E-state index < -0.39 is 0 Å². The van der Waals surface area contributed by atoms with E-state index in [1.54, 1.807) is 20.3 Å². The molecule has 0 atom stereocenters. The van der Waals surface area contributed by atoms with Gasteiger partial charge in [-0.2, -0.15) is 4.98 Å². The van der Waals surface area contributed by atoms with Crippen LogP contribution in [0.25, 0.3) is 28.2 Å². The molecule has 0 aliphatic carbocycles. The summed E-state index contributed by atoms with van der Waals surface area (Å²) in [7, 11) is 3.25. The van der Waals surface area contributed by atoms with Crippen molar-refractivity contribution < 1.29 is 9.47 Å². The Hall–Kier alpha value is -3.22. The Balaban J connectivity index is 2.11. The molecule has 0 fully saturated rings. The van der Waals surface area contributed by atoms with E-state index in [0.717, 1.165) is 22.8 Å². The van der Waals surface area contributed by atoms with Crippen molar-refractivity contribution in [1.29, 1.82) is 0 Å². The van der Waals surface area contributed by atoms with Gasteiger partial charge in [-0.1, -0.05) is 19.9 Å². The fraction of sp³-hybridized carbons (Fsp3) is 0.300.